The molecular weight excluding hydrogens is 212 g/mol. The Morgan fingerprint density at radius 1 is 1.25 bits per heavy atom. The van der Waals surface area contributed by atoms with E-state index in [1.807, 2.05) is 0 Å². The predicted molar refractivity (Wildman–Crippen MR) is 55.9 cm³/mol. The van der Waals surface area contributed by atoms with Gasteiger partial charge in [0.1, 0.15) is 0 Å². The van der Waals surface area contributed by atoms with Gasteiger partial charge in [-0.3, -0.25) is 4.79 Å². The molecule has 2 heterocycles. The van der Waals surface area contributed by atoms with Gasteiger partial charge in [-0.2, -0.15) is 0 Å². The molecule has 6 nitrogen and oxygen atoms in total. The van der Waals surface area contributed by atoms with Crippen LogP contribution in [0.1, 0.15) is 0 Å². The summed E-state index contributed by atoms with van der Waals surface area (Å²) >= 11 is 0. The molecule has 0 aromatic rings. The molecule has 0 aromatic carbocycles. The molecule has 2 aliphatic rings. The van der Waals surface area contributed by atoms with E-state index < -0.39 is 0 Å². The van der Waals surface area contributed by atoms with E-state index in [0.717, 1.165) is 0 Å². The van der Waals surface area contributed by atoms with Crippen molar-refractivity contribution in [2.45, 2.75) is 12.1 Å². The number of amides is 1. The van der Waals surface area contributed by atoms with Crippen LogP contribution < -0.4 is 11.1 Å². The number of rotatable bonds is 3. The van der Waals surface area contributed by atoms with Gasteiger partial charge in [-0.05, 0) is 0 Å². The summed E-state index contributed by atoms with van der Waals surface area (Å²) in [6, 6.07) is -0.191. The van der Waals surface area contributed by atoms with Crippen LogP contribution in [0.25, 0.3) is 0 Å². The largest absolute Gasteiger partial charge is 0.379 e. The Hall–Kier alpha value is -0.690. The number of nitrogens with two attached hydrogens (primary N) is 1. The lowest BCUT2D eigenvalue weighted by molar-refractivity contribution is -0.127. The van der Waals surface area contributed by atoms with Crippen LogP contribution in [0.4, 0.5) is 0 Å². The average Bonchev–Trinajstić information content (AvgIpc) is 2.74. The molecule has 6 heteroatoms. The zero-order valence-corrected chi connectivity index (χ0v) is 9.19. The van der Waals surface area contributed by atoms with E-state index in [1.54, 1.807) is 0 Å². The second-order valence-corrected chi connectivity index (χ2v) is 4.12. The van der Waals surface area contributed by atoms with Crippen LogP contribution in [0.3, 0.4) is 0 Å². The molecular formula is C10H18N2O4. The van der Waals surface area contributed by atoms with Gasteiger partial charge in [0.2, 0.25) is 5.91 Å². The monoisotopic (exact) mass is 230 g/mol. The van der Waals surface area contributed by atoms with E-state index in [4.69, 9.17) is 19.9 Å². The number of carbonyl (C=O) groups is 1. The predicted octanol–water partition coefficient (Wildman–Crippen LogP) is -1.51. The number of ether oxygens (including phenoxy) is 3. The molecule has 92 valence electrons. The second kappa shape index (κ2) is 5.58. The van der Waals surface area contributed by atoms with Crippen LogP contribution >= 0.6 is 0 Å². The van der Waals surface area contributed by atoms with Gasteiger partial charge in [-0.15, -0.1) is 0 Å². The van der Waals surface area contributed by atoms with Crippen molar-refractivity contribution in [2.24, 2.45) is 11.7 Å². The van der Waals surface area contributed by atoms with Gasteiger partial charge in [-0.1, -0.05) is 0 Å². The number of carbonyl (C=O) groups excluding carboxylic acids is 1. The molecule has 0 aliphatic carbocycles. The summed E-state index contributed by atoms with van der Waals surface area (Å²) in [5.74, 6) is -0.288. The molecule has 0 bridgehead atoms. The highest BCUT2D eigenvalue weighted by Crippen LogP contribution is 2.11. The van der Waals surface area contributed by atoms with Crippen LogP contribution in [0, 0.1) is 5.92 Å². The molecule has 0 aromatic heterocycles. The van der Waals surface area contributed by atoms with E-state index in [-0.39, 0.29) is 24.0 Å². The Morgan fingerprint density at radius 3 is 2.75 bits per heavy atom. The van der Waals surface area contributed by atoms with Crippen LogP contribution in [-0.4, -0.2) is 57.6 Å². The summed E-state index contributed by atoms with van der Waals surface area (Å²) in [4.78, 5) is 11.7. The highest BCUT2D eigenvalue weighted by Gasteiger charge is 2.31. The van der Waals surface area contributed by atoms with Gasteiger partial charge in [0.15, 0.2) is 0 Å². The summed E-state index contributed by atoms with van der Waals surface area (Å²) in [7, 11) is 0. The van der Waals surface area contributed by atoms with Crippen molar-refractivity contribution in [3.8, 4) is 0 Å². The fourth-order valence-corrected chi connectivity index (χ4v) is 1.84. The molecule has 16 heavy (non-hydrogen) atoms. The van der Waals surface area contributed by atoms with Crippen molar-refractivity contribution in [1.82, 2.24) is 5.32 Å². The Morgan fingerprint density at radius 2 is 2.12 bits per heavy atom. The Labute approximate surface area is 94.4 Å². The molecule has 3 atom stereocenters. The summed E-state index contributed by atoms with van der Waals surface area (Å²) in [5, 5.41) is 2.82. The molecule has 3 unspecified atom stereocenters. The maximum atomic E-state index is 11.7. The van der Waals surface area contributed by atoms with Crippen molar-refractivity contribution in [3.63, 3.8) is 0 Å². The maximum Gasteiger partial charge on any atom is 0.227 e. The van der Waals surface area contributed by atoms with Crippen LogP contribution in [0.5, 0.6) is 0 Å². The fraction of sp³-hybridized carbons (Fsp3) is 0.900. The minimum atomic E-state index is -0.232. The topological polar surface area (TPSA) is 82.8 Å². The van der Waals surface area contributed by atoms with E-state index in [0.29, 0.717) is 39.6 Å². The first-order valence-electron chi connectivity index (χ1n) is 5.58. The van der Waals surface area contributed by atoms with Gasteiger partial charge in [0.25, 0.3) is 0 Å². The lowest BCUT2D eigenvalue weighted by atomic mass is 10.0. The molecule has 0 saturated carbocycles. The molecule has 0 radical (unpaired) electrons. The first kappa shape index (κ1) is 11.8. The Kier molecular flexibility index (Phi) is 4.11. The number of hydrogen-bond acceptors (Lipinski definition) is 5. The van der Waals surface area contributed by atoms with E-state index in [9.17, 15) is 4.79 Å². The van der Waals surface area contributed by atoms with Crippen molar-refractivity contribution in [1.29, 1.82) is 0 Å². The normalized spacial score (nSPS) is 34.9. The van der Waals surface area contributed by atoms with E-state index in [1.165, 1.54) is 0 Å². The van der Waals surface area contributed by atoms with Gasteiger partial charge in [0.05, 0.1) is 45.1 Å². The van der Waals surface area contributed by atoms with Crippen molar-refractivity contribution < 1.29 is 19.0 Å². The number of hydrogen-bond donors (Lipinski definition) is 2. The lowest BCUT2D eigenvalue weighted by Gasteiger charge is -2.24. The maximum absolute atomic E-state index is 11.7. The molecule has 2 fully saturated rings. The summed E-state index contributed by atoms with van der Waals surface area (Å²) in [6.45, 7) is 3.10. The number of nitrogens with one attached hydrogen (secondary N) is 1. The van der Waals surface area contributed by atoms with Crippen LogP contribution in [0.15, 0.2) is 0 Å². The third-order valence-corrected chi connectivity index (χ3v) is 2.85. The van der Waals surface area contributed by atoms with E-state index in [2.05, 4.69) is 5.32 Å². The van der Waals surface area contributed by atoms with E-state index >= 15 is 0 Å². The van der Waals surface area contributed by atoms with Crippen molar-refractivity contribution in [3.05, 3.63) is 0 Å². The van der Waals surface area contributed by atoms with Gasteiger partial charge in [0, 0.05) is 12.6 Å². The molecule has 2 rings (SSSR count). The molecule has 1 amide bonds. The van der Waals surface area contributed by atoms with Crippen molar-refractivity contribution >= 4 is 5.91 Å². The third kappa shape index (κ3) is 2.91. The zero-order chi connectivity index (χ0) is 11.4. The summed E-state index contributed by atoms with van der Waals surface area (Å²) in [6.07, 6.45) is -0.0451. The Balaban J connectivity index is 1.70. The highest BCUT2D eigenvalue weighted by atomic mass is 16.6. The zero-order valence-electron chi connectivity index (χ0n) is 9.19. The lowest BCUT2D eigenvalue weighted by Crippen LogP contribution is -2.45. The molecule has 0 spiro atoms. The SMILES string of the molecule is NC1COCC1C(=O)NCC1COCCO1. The average molecular weight is 230 g/mol. The third-order valence-electron chi connectivity index (χ3n) is 2.85. The smallest absolute Gasteiger partial charge is 0.227 e. The minimum absolute atomic E-state index is 0.0451. The quantitative estimate of drug-likeness (QED) is 0.616. The summed E-state index contributed by atoms with van der Waals surface area (Å²) in [5.41, 5.74) is 5.75. The second-order valence-electron chi connectivity index (χ2n) is 4.12. The summed E-state index contributed by atoms with van der Waals surface area (Å²) < 4.78 is 15.8. The van der Waals surface area contributed by atoms with Crippen LogP contribution in [-0.2, 0) is 19.0 Å². The minimum Gasteiger partial charge on any atom is -0.379 e. The van der Waals surface area contributed by atoms with Crippen LogP contribution in [0.2, 0.25) is 0 Å². The van der Waals surface area contributed by atoms with Gasteiger partial charge >= 0.3 is 0 Å². The first-order valence-corrected chi connectivity index (χ1v) is 5.58. The van der Waals surface area contributed by atoms with Gasteiger partial charge in [-0.25, -0.2) is 0 Å². The standard InChI is InChI=1S/C10H18N2O4/c11-9-6-15-5-8(9)10(13)12-3-7-4-14-1-2-16-7/h7-9H,1-6,11H2,(H,12,13). The molecule has 2 saturated heterocycles. The fourth-order valence-electron chi connectivity index (χ4n) is 1.84. The first-order chi connectivity index (χ1) is 7.77. The molecule has 2 aliphatic heterocycles. The Bertz CT molecular complexity index is 243. The van der Waals surface area contributed by atoms with Crippen molar-refractivity contribution in [2.75, 3.05) is 39.6 Å². The highest BCUT2D eigenvalue weighted by molar-refractivity contribution is 5.79. The van der Waals surface area contributed by atoms with Gasteiger partial charge < -0.3 is 25.3 Å². The molecule has 3 N–H and O–H groups in total.